The maximum atomic E-state index is 13.5. The molecule has 0 saturated heterocycles. The molecular weight excluding hydrogens is 283 g/mol. The number of benzene rings is 1. The Morgan fingerprint density at radius 1 is 1.36 bits per heavy atom. The van der Waals surface area contributed by atoms with E-state index in [-0.39, 0.29) is 11.9 Å². The Balaban J connectivity index is 2.42. The predicted octanol–water partition coefficient (Wildman–Crippen LogP) is 3.53. The normalized spacial score (nSPS) is 12.8. The van der Waals surface area contributed by atoms with Crippen LogP contribution in [0.3, 0.4) is 0 Å². The van der Waals surface area contributed by atoms with Crippen LogP contribution in [0, 0.1) is 12.7 Å². The third-order valence-electron chi connectivity index (χ3n) is 3.22. The van der Waals surface area contributed by atoms with Crippen LogP contribution in [0.2, 0.25) is 0 Å². The van der Waals surface area contributed by atoms with E-state index in [1.54, 1.807) is 13.0 Å². The average Bonchev–Trinajstić information content (AvgIpc) is 2.41. The van der Waals surface area contributed by atoms with Gasteiger partial charge in [0.15, 0.2) is 0 Å². The Labute approximate surface area is 132 Å². The molecule has 0 heterocycles. The van der Waals surface area contributed by atoms with E-state index in [0.717, 1.165) is 12.0 Å². The Morgan fingerprint density at radius 2 is 2.05 bits per heavy atom. The molecule has 0 aliphatic rings. The highest BCUT2D eigenvalue weighted by molar-refractivity contribution is 5.67. The lowest BCUT2D eigenvalue weighted by molar-refractivity contribution is 0.0522. The first-order chi connectivity index (χ1) is 10.2. The molecule has 0 saturated carbocycles. The molecule has 0 aromatic heterocycles. The molecule has 4 nitrogen and oxygen atoms in total. The topological polar surface area (TPSA) is 50.4 Å². The van der Waals surface area contributed by atoms with Crippen molar-refractivity contribution in [3.63, 3.8) is 0 Å². The van der Waals surface area contributed by atoms with E-state index >= 15 is 0 Å². The van der Waals surface area contributed by atoms with E-state index in [0.29, 0.717) is 18.7 Å². The van der Waals surface area contributed by atoms with Crippen LogP contribution in [0.4, 0.5) is 9.18 Å². The summed E-state index contributed by atoms with van der Waals surface area (Å²) in [5, 5.41) is 6.06. The van der Waals surface area contributed by atoms with Crippen LogP contribution >= 0.6 is 0 Å². The van der Waals surface area contributed by atoms with Gasteiger partial charge in [-0.15, -0.1) is 0 Å². The second kappa shape index (κ2) is 8.13. The van der Waals surface area contributed by atoms with Crippen molar-refractivity contribution < 1.29 is 13.9 Å². The van der Waals surface area contributed by atoms with Crippen molar-refractivity contribution in [3.05, 3.63) is 35.1 Å². The first kappa shape index (κ1) is 18.4. The monoisotopic (exact) mass is 310 g/mol. The minimum Gasteiger partial charge on any atom is -0.444 e. The SMILES string of the molecule is CCC(CNC(=O)OC(C)(C)C)NCc1ccc(C)c(F)c1. The van der Waals surface area contributed by atoms with Gasteiger partial charge in [-0.05, 0) is 51.3 Å². The summed E-state index contributed by atoms with van der Waals surface area (Å²) in [5.74, 6) is -0.195. The Kier molecular flexibility index (Phi) is 6.81. The number of hydrogen-bond acceptors (Lipinski definition) is 3. The number of aryl methyl sites for hydroxylation is 1. The number of alkyl carbamates (subject to hydrolysis) is 1. The third kappa shape index (κ3) is 6.89. The second-order valence-corrected chi connectivity index (χ2v) is 6.45. The number of carbonyl (C=O) groups is 1. The minimum atomic E-state index is -0.501. The lowest BCUT2D eigenvalue weighted by atomic mass is 10.1. The van der Waals surface area contributed by atoms with Crippen LogP contribution in [0.15, 0.2) is 18.2 Å². The van der Waals surface area contributed by atoms with Crippen LogP contribution in [0.25, 0.3) is 0 Å². The van der Waals surface area contributed by atoms with E-state index < -0.39 is 11.7 Å². The number of amides is 1. The van der Waals surface area contributed by atoms with Crippen molar-refractivity contribution in [2.45, 2.75) is 59.2 Å². The first-order valence-electron chi connectivity index (χ1n) is 7.66. The molecule has 0 aliphatic carbocycles. The number of carbonyl (C=O) groups excluding carboxylic acids is 1. The van der Waals surface area contributed by atoms with E-state index in [1.807, 2.05) is 33.8 Å². The molecule has 5 heteroatoms. The summed E-state index contributed by atoms with van der Waals surface area (Å²) < 4.78 is 18.7. The van der Waals surface area contributed by atoms with Gasteiger partial charge in [0.2, 0.25) is 0 Å². The summed E-state index contributed by atoms with van der Waals surface area (Å²) in [5.41, 5.74) is 1.03. The van der Waals surface area contributed by atoms with Crippen LogP contribution in [0.5, 0.6) is 0 Å². The van der Waals surface area contributed by atoms with Gasteiger partial charge in [-0.1, -0.05) is 19.1 Å². The second-order valence-electron chi connectivity index (χ2n) is 6.45. The van der Waals surface area contributed by atoms with Crippen LogP contribution in [-0.4, -0.2) is 24.3 Å². The zero-order valence-electron chi connectivity index (χ0n) is 14.1. The molecule has 2 N–H and O–H groups in total. The maximum Gasteiger partial charge on any atom is 0.407 e. The zero-order chi connectivity index (χ0) is 16.8. The van der Waals surface area contributed by atoms with Gasteiger partial charge in [0, 0.05) is 19.1 Å². The molecule has 124 valence electrons. The predicted molar refractivity (Wildman–Crippen MR) is 86.3 cm³/mol. The van der Waals surface area contributed by atoms with Crippen molar-refractivity contribution in [3.8, 4) is 0 Å². The molecule has 1 rings (SSSR count). The lowest BCUT2D eigenvalue weighted by Crippen LogP contribution is -2.42. The number of rotatable bonds is 6. The summed E-state index contributed by atoms with van der Waals surface area (Å²) >= 11 is 0. The van der Waals surface area contributed by atoms with Gasteiger partial charge in [-0.25, -0.2) is 9.18 Å². The maximum absolute atomic E-state index is 13.5. The number of hydrogen-bond donors (Lipinski definition) is 2. The highest BCUT2D eigenvalue weighted by Crippen LogP contribution is 2.09. The fourth-order valence-corrected chi connectivity index (χ4v) is 1.89. The van der Waals surface area contributed by atoms with E-state index in [1.165, 1.54) is 6.07 Å². The molecule has 1 amide bonds. The standard InChI is InChI=1S/C17H27FN2O2/c1-6-14(11-20-16(21)22-17(3,4)5)19-10-13-8-7-12(2)15(18)9-13/h7-9,14,19H,6,10-11H2,1-5H3,(H,20,21). The summed E-state index contributed by atoms with van der Waals surface area (Å²) in [6, 6.07) is 5.32. The quantitative estimate of drug-likeness (QED) is 0.845. The largest absolute Gasteiger partial charge is 0.444 e. The Bertz CT molecular complexity index is 498. The molecule has 0 fully saturated rings. The van der Waals surface area contributed by atoms with E-state index in [9.17, 15) is 9.18 Å². The van der Waals surface area contributed by atoms with Gasteiger partial charge in [0.05, 0.1) is 0 Å². The smallest absolute Gasteiger partial charge is 0.407 e. The lowest BCUT2D eigenvalue weighted by Gasteiger charge is -2.22. The van der Waals surface area contributed by atoms with Crippen LogP contribution in [-0.2, 0) is 11.3 Å². The fourth-order valence-electron chi connectivity index (χ4n) is 1.89. The summed E-state index contributed by atoms with van der Waals surface area (Å²) in [7, 11) is 0. The zero-order valence-corrected chi connectivity index (χ0v) is 14.1. The van der Waals surface area contributed by atoms with Gasteiger partial charge in [0.1, 0.15) is 11.4 Å². The molecular formula is C17H27FN2O2. The van der Waals surface area contributed by atoms with Gasteiger partial charge in [-0.2, -0.15) is 0 Å². The molecule has 0 radical (unpaired) electrons. The van der Waals surface area contributed by atoms with Crippen molar-refractivity contribution in [2.24, 2.45) is 0 Å². The number of halogens is 1. The summed E-state index contributed by atoms with van der Waals surface area (Å²) in [6.07, 6.45) is 0.429. The molecule has 1 aromatic rings. The molecule has 22 heavy (non-hydrogen) atoms. The summed E-state index contributed by atoms with van der Waals surface area (Å²) in [6.45, 7) is 10.3. The molecule has 1 atom stereocenters. The first-order valence-corrected chi connectivity index (χ1v) is 7.66. The molecule has 0 bridgehead atoms. The van der Waals surface area contributed by atoms with Crippen LogP contribution < -0.4 is 10.6 Å². The Morgan fingerprint density at radius 3 is 2.59 bits per heavy atom. The highest BCUT2D eigenvalue weighted by Gasteiger charge is 2.16. The van der Waals surface area contributed by atoms with E-state index in [4.69, 9.17) is 4.74 Å². The molecule has 1 aromatic carbocycles. The highest BCUT2D eigenvalue weighted by atomic mass is 19.1. The molecule has 0 spiro atoms. The van der Waals surface area contributed by atoms with Gasteiger partial charge in [-0.3, -0.25) is 0 Å². The van der Waals surface area contributed by atoms with Gasteiger partial charge >= 0.3 is 6.09 Å². The van der Waals surface area contributed by atoms with Crippen LogP contribution in [0.1, 0.15) is 45.2 Å². The van der Waals surface area contributed by atoms with Crippen molar-refractivity contribution in [1.29, 1.82) is 0 Å². The summed E-state index contributed by atoms with van der Waals surface area (Å²) in [4.78, 5) is 11.6. The molecule has 1 unspecified atom stereocenters. The average molecular weight is 310 g/mol. The van der Waals surface area contributed by atoms with Crippen molar-refractivity contribution >= 4 is 6.09 Å². The number of nitrogens with one attached hydrogen (secondary N) is 2. The van der Waals surface area contributed by atoms with Gasteiger partial charge in [0.25, 0.3) is 0 Å². The van der Waals surface area contributed by atoms with E-state index in [2.05, 4.69) is 10.6 Å². The third-order valence-corrected chi connectivity index (χ3v) is 3.22. The van der Waals surface area contributed by atoms with Crippen molar-refractivity contribution in [2.75, 3.05) is 6.54 Å². The van der Waals surface area contributed by atoms with Crippen molar-refractivity contribution in [1.82, 2.24) is 10.6 Å². The number of ether oxygens (including phenoxy) is 1. The molecule has 0 aliphatic heterocycles. The fraction of sp³-hybridized carbons (Fsp3) is 0.588. The minimum absolute atomic E-state index is 0.108. The van der Waals surface area contributed by atoms with Gasteiger partial charge < -0.3 is 15.4 Å². The Hall–Kier alpha value is -1.62.